The fraction of sp³-hybridized carbons (Fsp3) is 0.406. The summed E-state index contributed by atoms with van der Waals surface area (Å²) in [5.41, 5.74) is 1.50. The van der Waals surface area contributed by atoms with Crippen molar-refractivity contribution in [1.29, 1.82) is 0 Å². The van der Waals surface area contributed by atoms with Crippen LogP contribution in [0.25, 0.3) is 0 Å². The molecule has 43 heavy (non-hydrogen) atoms. The number of sulfonamides is 1. The third-order valence-corrected chi connectivity index (χ3v) is 9.62. The van der Waals surface area contributed by atoms with E-state index in [1.165, 1.54) is 19.3 Å². The number of hydrogen-bond acceptors (Lipinski definition) is 5. The van der Waals surface area contributed by atoms with Crippen molar-refractivity contribution in [3.8, 4) is 5.75 Å². The van der Waals surface area contributed by atoms with Crippen molar-refractivity contribution in [2.24, 2.45) is 0 Å². The average Bonchev–Trinajstić information content (AvgIpc) is 3.00. The first-order valence-corrected chi connectivity index (χ1v) is 16.0. The lowest BCUT2D eigenvalue weighted by atomic mass is 9.96. The summed E-state index contributed by atoms with van der Waals surface area (Å²) in [7, 11) is -2.71. The lowest BCUT2D eigenvalue weighted by molar-refractivity contribution is -0.137. The van der Waals surface area contributed by atoms with Gasteiger partial charge in [0, 0.05) is 32.0 Å². The number of halogens is 3. The Labute approximate surface area is 250 Å². The van der Waals surface area contributed by atoms with Gasteiger partial charge < -0.3 is 9.64 Å². The zero-order valence-corrected chi connectivity index (χ0v) is 24.8. The van der Waals surface area contributed by atoms with Crippen LogP contribution in [0.3, 0.4) is 0 Å². The van der Waals surface area contributed by atoms with Gasteiger partial charge in [-0.1, -0.05) is 55.0 Å². The van der Waals surface area contributed by atoms with Crippen molar-refractivity contribution in [2.75, 3.05) is 26.7 Å². The Morgan fingerprint density at radius 2 is 1.77 bits per heavy atom. The molecule has 0 aromatic heterocycles. The summed E-state index contributed by atoms with van der Waals surface area (Å²) in [6, 6.07) is 17.0. The first-order chi connectivity index (χ1) is 20.5. The number of rotatable bonds is 9. The highest BCUT2D eigenvalue weighted by Crippen LogP contribution is 2.37. The van der Waals surface area contributed by atoms with Crippen LogP contribution in [0, 0.1) is 0 Å². The van der Waals surface area contributed by atoms with Crippen molar-refractivity contribution < 1.29 is 31.1 Å². The number of benzene rings is 3. The van der Waals surface area contributed by atoms with Gasteiger partial charge in [0.05, 0.1) is 29.1 Å². The zero-order valence-electron chi connectivity index (χ0n) is 24.0. The highest BCUT2D eigenvalue weighted by Gasteiger charge is 2.34. The maximum absolute atomic E-state index is 13.7. The fourth-order valence-electron chi connectivity index (χ4n) is 5.79. The van der Waals surface area contributed by atoms with Gasteiger partial charge in [-0.3, -0.25) is 9.69 Å². The summed E-state index contributed by atoms with van der Waals surface area (Å²) in [5.74, 6) is 0.436. The topological polar surface area (TPSA) is 79.0 Å². The third kappa shape index (κ3) is 7.57. The predicted molar refractivity (Wildman–Crippen MR) is 157 cm³/mol. The lowest BCUT2D eigenvalue weighted by Gasteiger charge is -2.34. The Morgan fingerprint density at radius 1 is 1.02 bits per heavy atom. The molecule has 1 N–H and O–H groups in total. The normalized spacial score (nSPS) is 18.4. The highest BCUT2D eigenvalue weighted by molar-refractivity contribution is 7.89. The van der Waals surface area contributed by atoms with Crippen LogP contribution in [-0.4, -0.2) is 50.9 Å². The van der Waals surface area contributed by atoms with Crippen LogP contribution in [0.15, 0.2) is 77.7 Å². The molecule has 2 heterocycles. The van der Waals surface area contributed by atoms with Crippen molar-refractivity contribution in [3.05, 3.63) is 95.1 Å². The van der Waals surface area contributed by atoms with Crippen LogP contribution >= 0.6 is 0 Å². The number of amides is 1. The molecule has 2 aliphatic heterocycles. The first kappa shape index (κ1) is 31.0. The number of likely N-dealkylation sites (tertiary alicyclic amines) is 1. The monoisotopic (exact) mass is 615 g/mol. The first-order valence-electron chi connectivity index (χ1n) is 14.5. The molecule has 230 valence electrons. The molecule has 1 fully saturated rings. The molecule has 3 aromatic carbocycles. The molecule has 0 radical (unpaired) electrons. The minimum atomic E-state index is -4.70. The summed E-state index contributed by atoms with van der Waals surface area (Å²) < 4.78 is 74.8. The number of hydrogen-bond donors (Lipinski definition) is 1. The van der Waals surface area contributed by atoms with Crippen LogP contribution in [-0.2, 0) is 27.5 Å². The molecular weight excluding hydrogens is 579 g/mol. The lowest BCUT2D eigenvalue weighted by Crippen LogP contribution is -2.38. The standard InChI is InChI=1S/C32H36F3N3O4S/c1-37(29-15-18-42-30-19-23(13-14-27(29)30)22-38-16-6-3-7-17-38)31(39)21-28(24-9-4-2-5-10-24)36-43(40,41)26-12-8-11-25(20-26)32(33,34)35/h2,4-5,8-14,19-20,28-29,36H,3,6-7,15-18,21-22H2,1H3/t28-,29-/m1/s1. The van der Waals surface area contributed by atoms with E-state index in [0.29, 0.717) is 24.7 Å². The van der Waals surface area contributed by atoms with E-state index in [0.717, 1.165) is 54.7 Å². The van der Waals surface area contributed by atoms with E-state index in [1.54, 1.807) is 42.3 Å². The van der Waals surface area contributed by atoms with Gasteiger partial charge in [0.15, 0.2) is 0 Å². The van der Waals surface area contributed by atoms with Gasteiger partial charge in [-0.05, 0) is 61.3 Å². The maximum atomic E-state index is 13.7. The summed E-state index contributed by atoms with van der Waals surface area (Å²) in [6.45, 7) is 3.45. The smallest absolute Gasteiger partial charge is 0.416 e. The van der Waals surface area contributed by atoms with Crippen LogP contribution in [0.1, 0.15) is 66.4 Å². The van der Waals surface area contributed by atoms with E-state index < -0.39 is 32.7 Å². The molecule has 2 aliphatic rings. The minimum absolute atomic E-state index is 0.224. The van der Waals surface area contributed by atoms with Crippen molar-refractivity contribution in [2.45, 2.75) is 61.8 Å². The number of piperidine rings is 1. The number of nitrogens with zero attached hydrogens (tertiary/aromatic N) is 2. The highest BCUT2D eigenvalue weighted by atomic mass is 32.2. The van der Waals surface area contributed by atoms with Crippen LogP contribution in [0.4, 0.5) is 13.2 Å². The number of nitrogens with one attached hydrogen (secondary N) is 1. The number of carbonyl (C=O) groups is 1. The van der Waals surface area contributed by atoms with E-state index >= 15 is 0 Å². The number of ether oxygens (including phenoxy) is 1. The molecule has 2 atom stereocenters. The van der Waals surface area contributed by atoms with Crippen molar-refractivity contribution in [3.63, 3.8) is 0 Å². The van der Waals surface area contributed by atoms with Gasteiger partial charge in [-0.25, -0.2) is 13.1 Å². The molecule has 1 amide bonds. The Hall–Kier alpha value is -3.41. The van der Waals surface area contributed by atoms with Crippen molar-refractivity contribution in [1.82, 2.24) is 14.5 Å². The van der Waals surface area contributed by atoms with Crippen LogP contribution < -0.4 is 9.46 Å². The van der Waals surface area contributed by atoms with E-state index in [9.17, 15) is 26.4 Å². The second kappa shape index (κ2) is 13.1. The quantitative estimate of drug-likeness (QED) is 0.316. The van der Waals surface area contributed by atoms with E-state index in [-0.39, 0.29) is 18.4 Å². The number of alkyl halides is 3. The molecule has 11 heteroatoms. The maximum Gasteiger partial charge on any atom is 0.416 e. The fourth-order valence-corrected chi connectivity index (χ4v) is 7.06. The van der Waals surface area contributed by atoms with Gasteiger partial charge in [0.1, 0.15) is 5.75 Å². The second-order valence-corrected chi connectivity index (χ2v) is 12.9. The SMILES string of the molecule is CN(C(=O)C[C@@H](NS(=O)(=O)c1cccc(C(F)(F)F)c1)c1ccccc1)[C@@H]1CCOc2cc(CN3CCCCC3)ccc21. The summed E-state index contributed by atoms with van der Waals surface area (Å²) in [4.78, 5) is 17.2. The summed E-state index contributed by atoms with van der Waals surface area (Å²) in [5, 5.41) is 0. The molecule has 0 spiro atoms. The molecule has 0 saturated carbocycles. The van der Waals surface area contributed by atoms with Gasteiger partial charge in [0.2, 0.25) is 15.9 Å². The third-order valence-electron chi connectivity index (χ3n) is 8.15. The molecule has 5 rings (SSSR count). The Morgan fingerprint density at radius 3 is 2.49 bits per heavy atom. The number of fused-ring (bicyclic) bond motifs is 1. The van der Waals surface area contributed by atoms with Gasteiger partial charge in [0.25, 0.3) is 0 Å². The molecule has 3 aromatic rings. The Bertz CT molecular complexity index is 1530. The average molecular weight is 616 g/mol. The van der Waals surface area contributed by atoms with E-state index in [1.807, 2.05) is 12.1 Å². The van der Waals surface area contributed by atoms with Gasteiger partial charge in [-0.2, -0.15) is 13.2 Å². The molecule has 0 unspecified atom stereocenters. The van der Waals surface area contributed by atoms with Crippen LogP contribution in [0.2, 0.25) is 0 Å². The molecular formula is C32H36F3N3O4S. The zero-order chi connectivity index (χ0) is 30.6. The summed E-state index contributed by atoms with van der Waals surface area (Å²) in [6.07, 6.45) is -0.668. The van der Waals surface area contributed by atoms with E-state index in [2.05, 4.69) is 15.7 Å². The minimum Gasteiger partial charge on any atom is -0.493 e. The van der Waals surface area contributed by atoms with Gasteiger partial charge >= 0.3 is 6.18 Å². The predicted octanol–water partition coefficient (Wildman–Crippen LogP) is 6.08. The van der Waals surface area contributed by atoms with E-state index in [4.69, 9.17) is 4.74 Å². The molecule has 7 nitrogen and oxygen atoms in total. The van der Waals surface area contributed by atoms with Crippen molar-refractivity contribution >= 4 is 15.9 Å². The second-order valence-electron chi connectivity index (χ2n) is 11.2. The molecule has 0 bridgehead atoms. The Kier molecular flexibility index (Phi) is 9.43. The van der Waals surface area contributed by atoms with Gasteiger partial charge in [-0.15, -0.1) is 0 Å². The Balaban J connectivity index is 1.34. The largest absolute Gasteiger partial charge is 0.493 e. The molecule has 1 saturated heterocycles. The summed E-state index contributed by atoms with van der Waals surface area (Å²) >= 11 is 0. The number of carbonyl (C=O) groups excluding carboxylic acids is 1. The van der Waals surface area contributed by atoms with Crippen LogP contribution in [0.5, 0.6) is 5.75 Å². The molecule has 0 aliphatic carbocycles.